The van der Waals surface area contributed by atoms with E-state index in [9.17, 15) is 14.7 Å². The first-order valence-corrected chi connectivity index (χ1v) is 10.9. The molecule has 1 aromatic heterocycles. The van der Waals surface area contributed by atoms with Gasteiger partial charge in [-0.3, -0.25) is 9.59 Å². The summed E-state index contributed by atoms with van der Waals surface area (Å²) in [6, 6.07) is 10.1. The molecule has 2 heterocycles. The molecule has 7 heteroatoms. The van der Waals surface area contributed by atoms with Crippen LogP contribution in [0.1, 0.15) is 30.3 Å². The van der Waals surface area contributed by atoms with Crippen LogP contribution in [0.5, 0.6) is 5.75 Å². The monoisotopic (exact) mass is 428 g/mol. The van der Waals surface area contributed by atoms with Crippen LogP contribution in [0, 0.1) is 5.92 Å². The number of ether oxygens (including phenoxy) is 1. The molecular formula is C23H28N2O4S. The zero-order valence-corrected chi connectivity index (χ0v) is 18.6. The van der Waals surface area contributed by atoms with Crippen molar-refractivity contribution in [2.24, 2.45) is 5.92 Å². The second-order valence-electron chi connectivity index (χ2n) is 8.04. The minimum Gasteiger partial charge on any atom is -0.507 e. The topological polar surface area (TPSA) is 70.1 Å². The molecule has 6 nitrogen and oxygen atoms in total. The van der Waals surface area contributed by atoms with Gasteiger partial charge in [-0.25, -0.2) is 0 Å². The van der Waals surface area contributed by atoms with E-state index in [0.29, 0.717) is 36.9 Å². The number of ketones is 1. The van der Waals surface area contributed by atoms with Crippen LogP contribution in [0.4, 0.5) is 0 Å². The van der Waals surface area contributed by atoms with Crippen LogP contribution >= 0.6 is 11.3 Å². The Labute approximate surface area is 181 Å². The molecule has 1 aliphatic rings. The van der Waals surface area contributed by atoms with Crippen LogP contribution in [0.2, 0.25) is 0 Å². The summed E-state index contributed by atoms with van der Waals surface area (Å²) in [7, 11) is 3.83. The third kappa shape index (κ3) is 4.74. The molecule has 0 spiro atoms. The van der Waals surface area contributed by atoms with Gasteiger partial charge in [0.05, 0.1) is 18.2 Å². The smallest absolute Gasteiger partial charge is 0.295 e. The fourth-order valence-corrected chi connectivity index (χ4v) is 4.13. The number of hydrogen-bond donors (Lipinski definition) is 1. The Bertz CT molecular complexity index is 917. The lowest BCUT2D eigenvalue weighted by atomic mass is 10.00. The number of carbonyl (C=O) groups excluding carboxylic acids is 2. The molecular weight excluding hydrogens is 400 g/mol. The van der Waals surface area contributed by atoms with Crippen molar-refractivity contribution < 1.29 is 19.4 Å². The molecule has 3 rings (SSSR count). The zero-order valence-electron chi connectivity index (χ0n) is 17.8. The number of aliphatic hydroxyl groups excluding tert-OH is 1. The van der Waals surface area contributed by atoms with E-state index in [1.807, 2.05) is 36.5 Å². The molecule has 0 bridgehead atoms. The molecule has 1 atom stereocenters. The average molecular weight is 429 g/mol. The molecule has 0 radical (unpaired) electrons. The third-order valence-corrected chi connectivity index (χ3v) is 5.78. The van der Waals surface area contributed by atoms with Crippen molar-refractivity contribution in [2.45, 2.75) is 19.9 Å². The van der Waals surface area contributed by atoms with Gasteiger partial charge in [-0.05, 0) is 55.7 Å². The molecule has 1 saturated heterocycles. The van der Waals surface area contributed by atoms with Gasteiger partial charge in [0.15, 0.2) is 0 Å². The molecule has 2 aromatic rings. The van der Waals surface area contributed by atoms with Crippen molar-refractivity contribution in [1.82, 2.24) is 9.80 Å². The van der Waals surface area contributed by atoms with Crippen LogP contribution in [-0.2, 0) is 9.59 Å². The minimum absolute atomic E-state index is 0.136. The molecule has 0 aliphatic carbocycles. The molecule has 0 saturated carbocycles. The van der Waals surface area contributed by atoms with Gasteiger partial charge >= 0.3 is 0 Å². The van der Waals surface area contributed by atoms with Gasteiger partial charge < -0.3 is 19.6 Å². The lowest BCUT2D eigenvalue weighted by Gasteiger charge is -2.25. The Kier molecular flexibility index (Phi) is 6.95. The van der Waals surface area contributed by atoms with Gasteiger partial charge in [0.25, 0.3) is 11.7 Å². The molecule has 160 valence electrons. The van der Waals surface area contributed by atoms with Crippen molar-refractivity contribution >= 4 is 28.8 Å². The second-order valence-corrected chi connectivity index (χ2v) is 9.02. The molecule has 1 fully saturated rings. The van der Waals surface area contributed by atoms with Crippen LogP contribution in [0.3, 0.4) is 0 Å². The van der Waals surface area contributed by atoms with Gasteiger partial charge in [0.1, 0.15) is 11.5 Å². The minimum atomic E-state index is -0.648. The molecule has 30 heavy (non-hydrogen) atoms. The van der Waals surface area contributed by atoms with E-state index in [4.69, 9.17) is 4.74 Å². The fourth-order valence-electron chi connectivity index (χ4n) is 3.29. The molecule has 1 N–H and O–H groups in total. The number of thiophene rings is 1. The maximum absolute atomic E-state index is 12.9. The largest absolute Gasteiger partial charge is 0.507 e. The van der Waals surface area contributed by atoms with Crippen molar-refractivity contribution in [3.63, 3.8) is 0 Å². The summed E-state index contributed by atoms with van der Waals surface area (Å²) in [6.45, 7) is 5.76. The fraction of sp³-hybridized carbons (Fsp3) is 0.391. The Balaban J connectivity index is 1.97. The molecule has 1 aromatic carbocycles. The van der Waals surface area contributed by atoms with E-state index in [1.54, 1.807) is 29.2 Å². The summed E-state index contributed by atoms with van der Waals surface area (Å²) >= 11 is 1.47. The molecule has 1 amide bonds. The van der Waals surface area contributed by atoms with E-state index in [1.165, 1.54) is 11.3 Å². The Hall–Kier alpha value is -2.64. The van der Waals surface area contributed by atoms with Crippen LogP contribution in [-0.4, -0.2) is 60.4 Å². The van der Waals surface area contributed by atoms with Crippen LogP contribution in [0.15, 0.2) is 47.4 Å². The number of hydrogen-bond acceptors (Lipinski definition) is 6. The number of amides is 1. The van der Waals surface area contributed by atoms with E-state index >= 15 is 0 Å². The van der Waals surface area contributed by atoms with E-state index in [0.717, 1.165) is 4.88 Å². The highest BCUT2D eigenvalue weighted by Crippen LogP contribution is 2.41. The van der Waals surface area contributed by atoms with Crippen molar-refractivity contribution in [1.29, 1.82) is 0 Å². The Morgan fingerprint density at radius 3 is 2.47 bits per heavy atom. The van der Waals surface area contributed by atoms with Gasteiger partial charge in [-0.15, -0.1) is 11.3 Å². The van der Waals surface area contributed by atoms with Crippen molar-refractivity contribution in [2.75, 3.05) is 33.8 Å². The summed E-state index contributed by atoms with van der Waals surface area (Å²) < 4.78 is 5.69. The number of nitrogens with zero attached hydrogens (tertiary/aromatic N) is 2. The lowest BCUT2D eigenvalue weighted by Crippen LogP contribution is -2.35. The first-order valence-electron chi connectivity index (χ1n) is 9.99. The summed E-state index contributed by atoms with van der Waals surface area (Å²) in [5, 5.41) is 12.9. The highest BCUT2D eigenvalue weighted by Gasteiger charge is 2.46. The number of rotatable bonds is 8. The quantitative estimate of drug-likeness (QED) is 0.394. The number of likely N-dealkylation sites (N-methyl/N-ethyl adjacent to an activating group) is 1. The zero-order chi connectivity index (χ0) is 21.8. The number of aliphatic hydroxyl groups is 1. The van der Waals surface area contributed by atoms with Crippen LogP contribution in [0.25, 0.3) is 5.76 Å². The maximum Gasteiger partial charge on any atom is 0.295 e. The van der Waals surface area contributed by atoms with E-state index < -0.39 is 17.7 Å². The number of Topliss-reactive ketones (excluding diaryl/α,β-unsaturated/α-hetero) is 1. The highest BCUT2D eigenvalue weighted by molar-refractivity contribution is 7.10. The summed E-state index contributed by atoms with van der Waals surface area (Å²) in [5.41, 5.74) is 0.621. The van der Waals surface area contributed by atoms with Crippen LogP contribution < -0.4 is 4.74 Å². The SMILES string of the molecule is CC(C)COc1ccc(/C(O)=C2\C(=O)C(=O)N(CCN(C)C)[C@@H]2c2cccs2)cc1. The van der Waals surface area contributed by atoms with Crippen molar-refractivity contribution in [3.05, 3.63) is 57.8 Å². The second kappa shape index (κ2) is 9.45. The van der Waals surface area contributed by atoms with E-state index in [2.05, 4.69) is 13.8 Å². The van der Waals surface area contributed by atoms with Crippen molar-refractivity contribution in [3.8, 4) is 5.75 Å². The van der Waals surface area contributed by atoms with Gasteiger partial charge in [-0.1, -0.05) is 19.9 Å². The third-order valence-electron chi connectivity index (χ3n) is 4.85. The standard InChI is InChI=1S/C23H28N2O4S/c1-15(2)14-29-17-9-7-16(8-10-17)21(26)19-20(18-6-5-13-30-18)25(12-11-24(3)4)23(28)22(19)27/h5-10,13,15,20,26H,11-12,14H2,1-4H3/b21-19+/t20-/m1/s1. The highest BCUT2D eigenvalue weighted by atomic mass is 32.1. The van der Waals surface area contributed by atoms with E-state index in [-0.39, 0.29) is 11.3 Å². The van der Waals surface area contributed by atoms with Gasteiger partial charge in [0, 0.05) is 23.5 Å². The predicted octanol–water partition coefficient (Wildman–Crippen LogP) is 3.77. The van der Waals surface area contributed by atoms with Gasteiger partial charge in [0.2, 0.25) is 0 Å². The Morgan fingerprint density at radius 1 is 1.20 bits per heavy atom. The number of benzene rings is 1. The summed E-state index contributed by atoms with van der Waals surface area (Å²) in [4.78, 5) is 30.0. The Morgan fingerprint density at radius 2 is 1.90 bits per heavy atom. The first kappa shape index (κ1) is 22.1. The maximum atomic E-state index is 12.9. The summed E-state index contributed by atoms with van der Waals surface area (Å²) in [6.07, 6.45) is 0. The normalized spacial score (nSPS) is 18.6. The predicted molar refractivity (Wildman–Crippen MR) is 119 cm³/mol. The molecule has 1 aliphatic heterocycles. The average Bonchev–Trinajstić information content (AvgIpc) is 3.32. The number of likely N-dealkylation sites (tertiary alicyclic amines) is 1. The summed E-state index contributed by atoms with van der Waals surface area (Å²) in [5.74, 6) is -0.281. The molecule has 0 unspecified atom stereocenters. The first-order chi connectivity index (χ1) is 14.3. The number of carbonyl (C=O) groups is 2. The van der Waals surface area contributed by atoms with Gasteiger partial charge in [-0.2, -0.15) is 0 Å². The lowest BCUT2D eigenvalue weighted by molar-refractivity contribution is -0.140.